The average molecular weight is 302 g/mol. The van der Waals surface area contributed by atoms with Crippen LogP contribution in [0.5, 0.6) is 5.75 Å². The fourth-order valence-corrected chi connectivity index (χ4v) is 3.06. The van der Waals surface area contributed by atoms with Crippen molar-refractivity contribution in [3.63, 3.8) is 0 Å². The average Bonchev–Trinajstić information content (AvgIpc) is 2.54. The van der Waals surface area contributed by atoms with Crippen LogP contribution in [0, 0.1) is 5.92 Å². The van der Waals surface area contributed by atoms with Gasteiger partial charge in [0.2, 0.25) is 5.91 Å². The Bertz CT molecular complexity index is 579. The first-order valence-electron chi connectivity index (χ1n) is 8.01. The Morgan fingerprint density at radius 2 is 2.09 bits per heavy atom. The second kappa shape index (κ2) is 6.38. The number of hydrogen-bond acceptors (Lipinski definition) is 3. The van der Waals surface area contributed by atoms with E-state index < -0.39 is 6.10 Å². The Morgan fingerprint density at radius 1 is 1.32 bits per heavy atom. The van der Waals surface area contributed by atoms with Gasteiger partial charge < -0.3 is 15.4 Å². The lowest BCUT2D eigenvalue weighted by molar-refractivity contribution is -0.126. The molecule has 2 N–H and O–H groups in total. The minimum atomic E-state index is -0.468. The molecule has 3 rings (SSSR count). The van der Waals surface area contributed by atoms with E-state index in [1.807, 2.05) is 18.2 Å². The minimum absolute atomic E-state index is 0.143. The van der Waals surface area contributed by atoms with Crippen LogP contribution in [-0.4, -0.2) is 17.9 Å². The topological polar surface area (TPSA) is 67.4 Å². The van der Waals surface area contributed by atoms with E-state index in [0.29, 0.717) is 18.0 Å². The molecule has 2 aliphatic rings. The number of carbonyl (C=O) groups is 2. The third-order valence-electron chi connectivity index (χ3n) is 4.42. The van der Waals surface area contributed by atoms with Crippen LogP contribution in [0.3, 0.4) is 0 Å². The summed E-state index contributed by atoms with van der Waals surface area (Å²) in [5, 5.41) is 5.83. The molecule has 1 aliphatic carbocycles. The Balaban J connectivity index is 1.60. The van der Waals surface area contributed by atoms with Crippen LogP contribution in [0.1, 0.15) is 44.6 Å². The number of rotatable bonds is 3. The van der Waals surface area contributed by atoms with Gasteiger partial charge in [-0.15, -0.1) is 0 Å². The maximum absolute atomic E-state index is 12.1. The van der Waals surface area contributed by atoms with Crippen LogP contribution in [-0.2, 0) is 16.1 Å². The predicted molar refractivity (Wildman–Crippen MR) is 83.6 cm³/mol. The zero-order valence-corrected chi connectivity index (χ0v) is 12.9. The van der Waals surface area contributed by atoms with Gasteiger partial charge in [-0.25, -0.2) is 0 Å². The van der Waals surface area contributed by atoms with E-state index in [-0.39, 0.29) is 17.7 Å². The lowest BCUT2D eigenvalue weighted by Crippen LogP contribution is -2.34. The van der Waals surface area contributed by atoms with Crippen molar-refractivity contribution in [3.8, 4) is 5.75 Å². The first-order valence-corrected chi connectivity index (χ1v) is 8.01. The summed E-state index contributed by atoms with van der Waals surface area (Å²) in [7, 11) is 0. The third-order valence-corrected chi connectivity index (χ3v) is 4.42. The number of hydrogen-bond donors (Lipinski definition) is 2. The lowest BCUT2D eigenvalue weighted by Gasteiger charge is -2.24. The fraction of sp³-hybridized carbons (Fsp3) is 0.529. The van der Waals surface area contributed by atoms with Crippen LogP contribution in [0.25, 0.3) is 0 Å². The van der Waals surface area contributed by atoms with Gasteiger partial charge in [-0.05, 0) is 37.5 Å². The van der Waals surface area contributed by atoms with Crippen molar-refractivity contribution in [2.45, 2.75) is 51.7 Å². The molecule has 118 valence electrons. The maximum Gasteiger partial charge on any atom is 0.265 e. The number of nitrogens with one attached hydrogen (secondary N) is 2. The summed E-state index contributed by atoms with van der Waals surface area (Å²) in [5.41, 5.74) is 1.63. The van der Waals surface area contributed by atoms with Gasteiger partial charge in [0.1, 0.15) is 5.75 Å². The highest BCUT2D eigenvalue weighted by Gasteiger charge is 2.24. The van der Waals surface area contributed by atoms with Gasteiger partial charge in [0.25, 0.3) is 5.91 Å². The number of anilines is 1. The van der Waals surface area contributed by atoms with Gasteiger partial charge in [-0.3, -0.25) is 9.59 Å². The van der Waals surface area contributed by atoms with Crippen molar-refractivity contribution in [1.82, 2.24) is 5.32 Å². The molecule has 0 saturated heterocycles. The molecule has 1 unspecified atom stereocenters. The van der Waals surface area contributed by atoms with E-state index in [1.165, 1.54) is 6.42 Å². The van der Waals surface area contributed by atoms with Gasteiger partial charge in [0, 0.05) is 12.5 Å². The second-order valence-electron chi connectivity index (χ2n) is 6.13. The first-order chi connectivity index (χ1) is 10.6. The number of ether oxygens (including phenoxy) is 1. The summed E-state index contributed by atoms with van der Waals surface area (Å²) in [5.74, 6) is 0.840. The fourth-order valence-electron chi connectivity index (χ4n) is 3.06. The smallest absolute Gasteiger partial charge is 0.265 e. The predicted octanol–water partition coefficient (Wildman–Crippen LogP) is 2.60. The second-order valence-corrected chi connectivity index (χ2v) is 6.13. The molecule has 22 heavy (non-hydrogen) atoms. The Hall–Kier alpha value is -2.04. The van der Waals surface area contributed by atoms with E-state index in [2.05, 4.69) is 10.6 Å². The molecule has 5 nitrogen and oxygen atoms in total. The number of fused-ring (bicyclic) bond motifs is 1. The van der Waals surface area contributed by atoms with E-state index >= 15 is 0 Å². The molecule has 1 heterocycles. The van der Waals surface area contributed by atoms with Gasteiger partial charge in [-0.2, -0.15) is 0 Å². The summed E-state index contributed by atoms with van der Waals surface area (Å²) in [6.45, 7) is 2.20. The molecule has 1 fully saturated rings. The van der Waals surface area contributed by atoms with Crippen molar-refractivity contribution < 1.29 is 14.3 Å². The summed E-state index contributed by atoms with van der Waals surface area (Å²) in [6, 6.07) is 5.62. The quantitative estimate of drug-likeness (QED) is 0.902. The normalized spacial score (nSPS) is 21.5. The first kappa shape index (κ1) is 14.9. The SMILES string of the molecule is CC1Oc2ccc(CNC(=O)C3CCCCC3)cc2NC1=O. The summed E-state index contributed by atoms with van der Waals surface area (Å²) in [6.07, 6.45) is 5.07. The van der Waals surface area contributed by atoms with Crippen LogP contribution in [0.4, 0.5) is 5.69 Å². The van der Waals surface area contributed by atoms with Gasteiger partial charge in [0.05, 0.1) is 5.69 Å². The molecule has 1 atom stereocenters. The maximum atomic E-state index is 12.1. The zero-order chi connectivity index (χ0) is 15.5. The Labute approximate surface area is 130 Å². The molecule has 5 heteroatoms. The zero-order valence-electron chi connectivity index (χ0n) is 12.9. The van der Waals surface area contributed by atoms with Gasteiger partial charge >= 0.3 is 0 Å². The molecule has 1 aliphatic heterocycles. The van der Waals surface area contributed by atoms with Gasteiger partial charge in [0.15, 0.2) is 6.10 Å². The van der Waals surface area contributed by atoms with Crippen LogP contribution >= 0.6 is 0 Å². The van der Waals surface area contributed by atoms with E-state index in [1.54, 1.807) is 6.92 Å². The molecule has 0 aromatic heterocycles. The molecular weight excluding hydrogens is 280 g/mol. The van der Waals surface area contributed by atoms with E-state index in [4.69, 9.17) is 4.74 Å². The highest BCUT2D eigenvalue weighted by atomic mass is 16.5. The Morgan fingerprint density at radius 3 is 2.86 bits per heavy atom. The molecule has 0 bridgehead atoms. The van der Waals surface area contributed by atoms with Crippen molar-refractivity contribution >= 4 is 17.5 Å². The van der Waals surface area contributed by atoms with Crippen LogP contribution in [0.15, 0.2) is 18.2 Å². The highest BCUT2D eigenvalue weighted by molar-refractivity contribution is 5.97. The lowest BCUT2D eigenvalue weighted by atomic mass is 9.88. The van der Waals surface area contributed by atoms with Crippen molar-refractivity contribution in [2.24, 2.45) is 5.92 Å². The minimum Gasteiger partial charge on any atom is -0.479 e. The molecule has 1 aromatic carbocycles. The number of amides is 2. The van der Waals surface area contributed by atoms with Crippen molar-refractivity contribution in [1.29, 1.82) is 0 Å². The number of benzene rings is 1. The van der Waals surface area contributed by atoms with Crippen LogP contribution in [0.2, 0.25) is 0 Å². The van der Waals surface area contributed by atoms with E-state index in [0.717, 1.165) is 31.2 Å². The monoisotopic (exact) mass is 302 g/mol. The largest absolute Gasteiger partial charge is 0.479 e. The molecular formula is C17H22N2O3. The summed E-state index contributed by atoms with van der Waals surface area (Å²) in [4.78, 5) is 23.8. The molecule has 0 radical (unpaired) electrons. The summed E-state index contributed by atoms with van der Waals surface area (Å²) >= 11 is 0. The molecule has 2 amide bonds. The summed E-state index contributed by atoms with van der Waals surface area (Å²) < 4.78 is 5.52. The third kappa shape index (κ3) is 3.24. The molecule has 1 aromatic rings. The van der Waals surface area contributed by atoms with Gasteiger partial charge in [-0.1, -0.05) is 25.3 Å². The van der Waals surface area contributed by atoms with E-state index in [9.17, 15) is 9.59 Å². The molecule has 1 saturated carbocycles. The highest BCUT2D eigenvalue weighted by Crippen LogP contribution is 2.30. The van der Waals surface area contributed by atoms with Crippen LogP contribution < -0.4 is 15.4 Å². The van der Waals surface area contributed by atoms with Crippen molar-refractivity contribution in [2.75, 3.05) is 5.32 Å². The number of carbonyl (C=O) groups excluding carboxylic acids is 2. The van der Waals surface area contributed by atoms with Crippen molar-refractivity contribution in [3.05, 3.63) is 23.8 Å². The standard InChI is InChI=1S/C17H22N2O3/c1-11-16(20)19-14-9-12(7-8-15(14)22-11)10-18-17(21)13-5-3-2-4-6-13/h7-9,11,13H,2-6,10H2,1H3,(H,18,21)(H,19,20). The molecule has 0 spiro atoms. The Kier molecular flexibility index (Phi) is 4.32.